The zero-order chi connectivity index (χ0) is 28.9. The largest absolute Gasteiger partial charge is 0.489 e. The van der Waals surface area contributed by atoms with Gasteiger partial charge in [-0.15, -0.1) is 0 Å². The van der Waals surface area contributed by atoms with Crippen LogP contribution in [0.5, 0.6) is 11.5 Å². The first kappa shape index (κ1) is 28.0. The van der Waals surface area contributed by atoms with Gasteiger partial charge in [0.15, 0.2) is 0 Å². The molecule has 4 aromatic carbocycles. The number of para-hydroxylation sites is 1. The van der Waals surface area contributed by atoms with Crippen molar-refractivity contribution in [1.82, 2.24) is 5.32 Å². The number of imide groups is 2. The molecule has 0 unspecified atom stereocenters. The van der Waals surface area contributed by atoms with Crippen molar-refractivity contribution >= 4 is 52.8 Å². The number of amides is 4. The van der Waals surface area contributed by atoms with Gasteiger partial charge in [-0.05, 0) is 61.0 Å². The second kappa shape index (κ2) is 12.3. The lowest BCUT2D eigenvalue weighted by Crippen LogP contribution is -2.54. The summed E-state index contributed by atoms with van der Waals surface area (Å²) in [6.07, 6.45) is 1.40. The summed E-state index contributed by atoms with van der Waals surface area (Å²) < 4.78 is 11.8. The number of benzene rings is 4. The van der Waals surface area contributed by atoms with Crippen molar-refractivity contribution in [1.29, 1.82) is 0 Å². The van der Waals surface area contributed by atoms with E-state index in [0.717, 1.165) is 16.0 Å². The molecule has 5 rings (SSSR count). The fraction of sp³-hybridized carbons (Fsp3) is 0.0938. The molecule has 1 N–H and O–H groups in total. The number of ether oxygens (including phenoxy) is 2. The van der Waals surface area contributed by atoms with Gasteiger partial charge in [0.1, 0.15) is 30.3 Å². The average molecular weight is 587 g/mol. The van der Waals surface area contributed by atoms with Crippen molar-refractivity contribution < 1.29 is 23.9 Å². The lowest BCUT2D eigenvalue weighted by atomic mass is 10.1. The maximum atomic E-state index is 13.4. The number of aryl methyl sites for hydroxylation is 1. The normalized spacial score (nSPS) is 14.3. The molecular weight excluding hydrogens is 563 g/mol. The maximum Gasteiger partial charge on any atom is 0.335 e. The molecule has 1 heterocycles. The van der Waals surface area contributed by atoms with E-state index >= 15 is 0 Å². The Morgan fingerprint density at radius 1 is 0.829 bits per heavy atom. The molecule has 0 aromatic heterocycles. The minimum atomic E-state index is -0.840. The summed E-state index contributed by atoms with van der Waals surface area (Å²) in [4.78, 5) is 39.7. The number of urea groups is 1. The molecule has 0 spiro atoms. The minimum absolute atomic E-state index is 0.138. The highest BCUT2D eigenvalue weighted by atomic mass is 35.5. The van der Waals surface area contributed by atoms with E-state index in [9.17, 15) is 14.4 Å². The molecule has 7 nitrogen and oxygen atoms in total. The zero-order valence-electron chi connectivity index (χ0n) is 21.9. The van der Waals surface area contributed by atoms with Crippen LogP contribution in [0.3, 0.4) is 0 Å². The molecule has 4 amide bonds. The van der Waals surface area contributed by atoms with E-state index in [4.69, 9.17) is 32.7 Å². The van der Waals surface area contributed by atoms with Crippen molar-refractivity contribution in [2.24, 2.45) is 0 Å². The van der Waals surface area contributed by atoms with Crippen LogP contribution in [0.15, 0.2) is 96.6 Å². The van der Waals surface area contributed by atoms with Gasteiger partial charge in [-0.25, -0.2) is 9.69 Å². The Bertz CT molecular complexity index is 1650. The van der Waals surface area contributed by atoms with E-state index in [1.807, 2.05) is 31.2 Å². The first-order valence-corrected chi connectivity index (χ1v) is 13.4. The third kappa shape index (κ3) is 6.60. The van der Waals surface area contributed by atoms with Crippen molar-refractivity contribution in [3.05, 3.63) is 129 Å². The molecular formula is C32H24Cl2N2O5. The number of carbonyl (C=O) groups is 3. The highest BCUT2D eigenvalue weighted by Crippen LogP contribution is 2.28. The van der Waals surface area contributed by atoms with Crippen LogP contribution in [0.4, 0.5) is 10.5 Å². The standard InChI is InChI=1S/C32H24Cl2N2O5/c1-20-6-8-21(9-7-20)18-40-26-14-12-25(13-15-26)36-31(38)27(30(37)35-32(36)39)16-22-4-2-3-5-29(22)41-19-23-10-11-24(33)17-28(23)34/h2-17H,18-19H2,1H3,(H,35,37,39)/b27-16+. The third-order valence-corrected chi connectivity index (χ3v) is 6.93. The Morgan fingerprint density at radius 2 is 1.56 bits per heavy atom. The molecule has 0 radical (unpaired) electrons. The Labute approximate surface area is 246 Å². The van der Waals surface area contributed by atoms with Gasteiger partial charge in [-0.3, -0.25) is 14.9 Å². The van der Waals surface area contributed by atoms with Gasteiger partial charge < -0.3 is 9.47 Å². The second-order valence-corrected chi connectivity index (χ2v) is 10.1. The van der Waals surface area contributed by atoms with Gasteiger partial charge in [0.2, 0.25) is 0 Å². The van der Waals surface area contributed by atoms with E-state index in [0.29, 0.717) is 39.3 Å². The lowest BCUT2D eigenvalue weighted by molar-refractivity contribution is -0.122. The molecule has 206 valence electrons. The van der Waals surface area contributed by atoms with Crippen molar-refractivity contribution in [3.63, 3.8) is 0 Å². The summed E-state index contributed by atoms with van der Waals surface area (Å²) in [6.45, 7) is 2.52. The van der Waals surface area contributed by atoms with E-state index in [1.54, 1.807) is 66.7 Å². The number of rotatable bonds is 8. The molecule has 0 saturated carbocycles. The summed E-state index contributed by atoms with van der Waals surface area (Å²) in [7, 11) is 0. The molecule has 0 aliphatic carbocycles. The summed E-state index contributed by atoms with van der Waals surface area (Å²) in [6, 6.07) is 25.7. The molecule has 1 aliphatic rings. The number of carbonyl (C=O) groups excluding carboxylic acids is 3. The highest BCUT2D eigenvalue weighted by molar-refractivity contribution is 6.39. The van der Waals surface area contributed by atoms with Crippen molar-refractivity contribution in [3.8, 4) is 11.5 Å². The molecule has 4 aromatic rings. The van der Waals surface area contributed by atoms with Gasteiger partial charge in [0, 0.05) is 21.2 Å². The van der Waals surface area contributed by atoms with Crippen LogP contribution in [-0.2, 0) is 22.8 Å². The average Bonchev–Trinajstić information content (AvgIpc) is 2.95. The second-order valence-electron chi connectivity index (χ2n) is 9.29. The van der Waals surface area contributed by atoms with Crippen LogP contribution >= 0.6 is 23.2 Å². The number of hydrogen-bond acceptors (Lipinski definition) is 5. The third-order valence-electron chi connectivity index (χ3n) is 6.34. The summed E-state index contributed by atoms with van der Waals surface area (Å²) >= 11 is 12.2. The van der Waals surface area contributed by atoms with Crippen LogP contribution < -0.4 is 19.7 Å². The zero-order valence-corrected chi connectivity index (χ0v) is 23.4. The minimum Gasteiger partial charge on any atom is -0.489 e. The molecule has 41 heavy (non-hydrogen) atoms. The Kier molecular flexibility index (Phi) is 8.38. The fourth-order valence-electron chi connectivity index (χ4n) is 4.12. The van der Waals surface area contributed by atoms with E-state index in [1.165, 1.54) is 6.08 Å². The van der Waals surface area contributed by atoms with Gasteiger partial charge in [0.25, 0.3) is 11.8 Å². The van der Waals surface area contributed by atoms with E-state index in [2.05, 4.69) is 5.32 Å². The van der Waals surface area contributed by atoms with Crippen LogP contribution in [0.1, 0.15) is 22.3 Å². The van der Waals surface area contributed by atoms with Gasteiger partial charge in [-0.2, -0.15) is 0 Å². The molecule has 0 atom stereocenters. The SMILES string of the molecule is Cc1ccc(COc2ccc(N3C(=O)NC(=O)/C(=C\c4ccccc4OCc4ccc(Cl)cc4Cl)C3=O)cc2)cc1. The maximum absolute atomic E-state index is 13.4. The first-order chi connectivity index (χ1) is 19.8. The molecule has 1 aliphatic heterocycles. The predicted octanol–water partition coefficient (Wildman–Crippen LogP) is 7.13. The number of barbiturate groups is 1. The van der Waals surface area contributed by atoms with Crippen LogP contribution in [0, 0.1) is 6.92 Å². The fourth-order valence-corrected chi connectivity index (χ4v) is 4.58. The Morgan fingerprint density at radius 3 is 2.29 bits per heavy atom. The number of anilines is 1. The highest BCUT2D eigenvalue weighted by Gasteiger charge is 2.37. The monoisotopic (exact) mass is 586 g/mol. The van der Waals surface area contributed by atoms with Crippen molar-refractivity contribution in [2.45, 2.75) is 20.1 Å². The number of halogens is 2. The number of nitrogens with one attached hydrogen (secondary N) is 1. The quantitative estimate of drug-likeness (QED) is 0.175. The summed E-state index contributed by atoms with van der Waals surface area (Å²) in [5.74, 6) is -0.574. The van der Waals surface area contributed by atoms with Gasteiger partial charge >= 0.3 is 6.03 Å². The predicted molar refractivity (Wildman–Crippen MR) is 158 cm³/mol. The Balaban J connectivity index is 1.33. The first-order valence-electron chi connectivity index (χ1n) is 12.6. The van der Waals surface area contributed by atoms with E-state index in [-0.39, 0.29) is 17.9 Å². The van der Waals surface area contributed by atoms with Gasteiger partial charge in [-0.1, -0.05) is 77.3 Å². The summed E-state index contributed by atoms with van der Waals surface area (Å²) in [5.41, 5.74) is 3.44. The molecule has 0 bridgehead atoms. The summed E-state index contributed by atoms with van der Waals surface area (Å²) in [5, 5.41) is 3.20. The van der Waals surface area contributed by atoms with Crippen LogP contribution in [0.2, 0.25) is 10.0 Å². The Hall–Kier alpha value is -4.59. The van der Waals surface area contributed by atoms with Crippen molar-refractivity contribution in [2.75, 3.05) is 4.90 Å². The van der Waals surface area contributed by atoms with Gasteiger partial charge in [0.05, 0.1) is 5.69 Å². The van der Waals surface area contributed by atoms with Crippen LogP contribution in [0.25, 0.3) is 6.08 Å². The molecule has 1 saturated heterocycles. The van der Waals surface area contributed by atoms with E-state index < -0.39 is 17.8 Å². The molecule has 1 fully saturated rings. The topological polar surface area (TPSA) is 84.9 Å². The number of nitrogens with zero attached hydrogens (tertiary/aromatic N) is 1. The smallest absolute Gasteiger partial charge is 0.335 e. The lowest BCUT2D eigenvalue weighted by Gasteiger charge is -2.26. The molecule has 9 heteroatoms. The number of hydrogen-bond donors (Lipinski definition) is 1. The van der Waals surface area contributed by atoms with Crippen LogP contribution in [-0.4, -0.2) is 17.8 Å².